The number of carbonyl (C=O) groups is 1. The zero-order valence-electron chi connectivity index (χ0n) is 8.69. The van der Waals surface area contributed by atoms with Crippen molar-refractivity contribution in [1.29, 1.82) is 0 Å². The van der Waals surface area contributed by atoms with Crippen molar-refractivity contribution in [3.8, 4) is 5.75 Å². The van der Waals surface area contributed by atoms with Crippen LogP contribution >= 0.6 is 0 Å². The van der Waals surface area contributed by atoms with Crippen LogP contribution in [0.4, 0.5) is 0 Å². The number of aliphatic hydroxyl groups is 1. The lowest BCUT2D eigenvalue weighted by Crippen LogP contribution is -2.24. The molecule has 0 aliphatic carbocycles. The molecule has 0 fully saturated rings. The number of ether oxygens (including phenoxy) is 1. The van der Waals surface area contributed by atoms with Gasteiger partial charge in [-0.2, -0.15) is 0 Å². The quantitative estimate of drug-likeness (QED) is 0.735. The van der Waals surface area contributed by atoms with E-state index in [2.05, 4.69) is 5.32 Å². The molecule has 82 valence electrons. The highest BCUT2D eigenvalue weighted by molar-refractivity contribution is 5.77. The first-order valence-electron chi connectivity index (χ1n) is 4.79. The van der Waals surface area contributed by atoms with Crippen molar-refractivity contribution in [2.75, 3.05) is 20.3 Å². The van der Waals surface area contributed by atoms with E-state index in [0.717, 1.165) is 5.56 Å². The number of hydrogen-bond acceptors (Lipinski definition) is 3. The van der Waals surface area contributed by atoms with Gasteiger partial charge in [0.25, 0.3) is 5.91 Å². The molecule has 0 atom stereocenters. The van der Waals surface area contributed by atoms with E-state index in [1.54, 1.807) is 19.2 Å². The molecule has 4 nitrogen and oxygen atoms in total. The number of aliphatic hydroxyl groups excluding tert-OH is 1. The summed E-state index contributed by atoms with van der Waals surface area (Å²) in [6.07, 6.45) is 0.635. The number of hydrogen-bond donors (Lipinski definition) is 2. The summed E-state index contributed by atoms with van der Waals surface area (Å²) in [6.45, 7) is 0.161. The summed E-state index contributed by atoms with van der Waals surface area (Å²) in [5.41, 5.74) is 1.05. The Labute approximate surface area is 88.9 Å². The fourth-order valence-corrected chi connectivity index (χ4v) is 1.10. The van der Waals surface area contributed by atoms with Gasteiger partial charge < -0.3 is 15.2 Å². The largest absolute Gasteiger partial charge is 0.484 e. The van der Waals surface area contributed by atoms with E-state index in [-0.39, 0.29) is 19.1 Å². The van der Waals surface area contributed by atoms with Gasteiger partial charge in [0, 0.05) is 13.7 Å². The van der Waals surface area contributed by atoms with Gasteiger partial charge >= 0.3 is 0 Å². The minimum absolute atomic E-state index is 0.0237. The maximum absolute atomic E-state index is 10.9. The van der Waals surface area contributed by atoms with E-state index in [1.807, 2.05) is 12.1 Å². The Morgan fingerprint density at radius 2 is 2.07 bits per heavy atom. The molecule has 0 aliphatic heterocycles. The van der Waals surface area contributed by atoms with E-state index >= 15 is 0 Å². The van der Waals surface area contributed by atoms with Crippen molar-refractivity contribution in [3.05, 3.63) is 29.8 Å². The lowest BCUT2D eigenvalue weighted by molar-refractivity contribution is -0.122. The molecule has 0 heterocycles. The molecular weight excluding hydrogens is 194 g/mol. The molecule has 0 unspecified atom stereocenters. The Morgan fingerprint density at radius 1 is 1.40 bits per heavy atom. The van der Waals surface area contributed by atoms with Crippen molar-refractivity contribution < 1.29 is 14.6 Å². The predicted molar refractivity (Wildman–Crippen MR) is 56.8 cm³/mol. The average molecular weight is 209 g/mol. The van der Waals surface area contributed by atoms with Gasteiger partial charge in [0.1, 0.15) is 5.75 Å². The summed E-state index contributed by atoms with van der Waals surface area (Å²) in [4.78, 5) is 10.9. The summed E-state index contributed by atoms with van der Waals surface area (Å²) in [7, 11) is 1.57. The van der Waals surface area contributed by atoms with E-state index in [1.165, 1.54) is 0 Å². The predicted octanol–water partition coefficient (Wildman–Crippen LogP) is 0.346. The van der Waals surface area contributed by atoms with Crippen LogP contribution in [0.3, 0.4) is 0 Å². The summed E-state index contributed by atoms with van der Waals surface area (Å²) in [5.74, 6) is 0.495. The fourth-order valence-electron chi connectivity index (χ4n) is 1.10. The molecule has 1 aromatic rings. The molecule has 0 spiro atoms. The number of likely N-dealkylation sites (N-methyl/N-ethyl adjacent to an activating group) is 1. The molecular formula is C11H15NO3. The zero-order chi connectivity index (χ0) is 11.1. The first-order valence-corrected chi connectivity index (χ1v) is 4.79. The summed E-state index contributed by atoms with van der Waals surface area (Å²) >= 11 is 0. The molecule has 0 radical (unpaired) electrons. The number of carbonyl (C=O) groups excluding carboxylic acids is 1. The smallest absolute Gasteiger partial charge is 0.257 e. The van der Waals surface area contributed by atoms with Crippen LogP contribution in [0.5, 0.6) is 5.75 Å². The standard InChI is InChI=1S/C11H15NO3/c1-12-11(14)8-15-10-4-2-9(3-5-10)6-7-13/h2-5,13H,6-8H2,1H3,(H,12,14). The van der Waals surface area contributed by atoms with Gasteiger partial charge in [-0.1, -0.05) is 12.1 Å². The van der Waals surface area contributed by atoms with Crippen molar-refractivity contribution in [2.24, 2.45) is 0 Å². The molecule has 0 saturated heterocycles. The Bertz CT molecular complexity index is 308. The first kappa shape index (κ1) is 11.5. The molecule has 0 aromatic heterocycles. The van der Waals surface area contributed by atoms with Gasteiger partial charge in [0.15, 0.2) is 6.61 Å². The normalized spacial score (nSPS) is 9.73. The molecule has 0 bridgehead atoms. The molecule has 1 amide bonds. The van der Waals surface area contributed by atoms with Gasteiger partial charge in [-0.05, 0) is 24.1 Å². The van der Waals surface area contributed by atoms with Crippen molar-refractivity contribution >= 4 is 5.91 Å². The second-order valence-electron chi connectivity index (χ2n) is 3.08. The van der Waals surface area contributed by atoms with E-state index < -0.39 is 0 Å². The topological polar surface area (TPSA) is 58.6 Å². The van der Waals surface area contributed by atoms with Gasteiger partial charge in [-0.25, -0.2) is 0 Å². The Kier molecular flexibility index (Phi) is 4.63. The van der Waals surface area contributed by atoms with Gasteiger partial charge in [-0.15, -0.1) is 0 Å². The molecule has 15 heavy (non-hydrogen) atoms. The molecule has 4 heteroatoms. The van der Waals surface area contributed by atoms with Gasteiger partial charge in [0.05, 0.1) is 0 Å². The van der Waals surface area contributed by atoms with Crippen LogP contribution in [0, 0.1) is 0 Å². The van der Waals surface area contributed by atoms with Crippen molar-refractivity contribution in [2.45, 2.75) is 6.42 Å². The third-order valence-corrected chi connectivity index (χ3v) is 1.97. The molecule has 0 aliphatic rings. The SMILES string of the molecule is CNC(=O)COc1ccc(CCO)cc1. The number of benzene rings is 1. The average Bonchev–Trinajstić information content (AvgIpc) is 2.28. The maximum Gasteiger partial charge on any atom is 0.257 e. The van der Waals surface area contributed by atoms with Gasteiger partial charge in [-0.3, -0.25) is 4.79 Å². The van der Waals surface area contributed by atoms with Crippen LogP contribution in [-0.2, 0) is 11.2 Å². The van der Waals surface area contributed by atoms with Crippen LogP contribution in [-0.4, -0.2) is 31.3 Å². The Hall–Kier alpha value is -1.55. The van der Waals surface area contributed by atoms with Crippen LogP contribution in [0.2, 0.25) is 0 Å². The van der Waals surface area contributed by atoms with Crippen molar-refractivity contribution in [1.82, 2.24) is 5.32 Å². The molecule has 1 aromatic carbocycles. The highest BCUT2D eigenvalue weighted by Crippen LogP contribution is 2.12. The molecule has 2 N–H and O–H groups in total. The van der Waals surface area contributed by atoms with Crippen LogP contribution in [0.15, 0.2) is 24.3 Å². The van der Waals surface area contributed by atoms with E-state index in [0.29, 0.717) is 12.2 Å². The second-order valence-corrected chi connectivity index (χ2v) is 3.08. The third-order valence-electron chi connectivity index (χ3n) is 1.97. The van der Waals surface area contributed by atoms with Crippen molar-refractivity contribution in [3.63, 3.8) is 0 Å². The van der Waals surface area contributed by atoms with Gasteiger partial charge in [0.2, 0.25) is 0 Å². The fraction of sp³-hybridized carbons (Fsp3) is 0.364. The molecule has 1 rings (SSSR count). The summed E-state index contributed by atoms with van der Waals surface area (Å²) in [5, 5.41) is 11.2. The first-order chi connectivity index (χ1) is 7.26. The lowest BCUT2D eigenvalue weighted by atomic mass is 10.1. The number of rotatable bonds is 5. The van der Waals surface area contributed by atoms with Crippen LogP contribution in [0.1, 0.15) is 5.56 Å². The molecule has 0 saturated carbocycles. The monoisotopic (exact) mass is 209 g/mol. The minimum Gasteiger partial charge on any atom is -0.484 e. The summed E-state index contributed by atoms with van der Waals surface area (Å²) in [6, 6.07) is 7.31. The highest BCUT2D eigenvalue weighted by Gasteiger charge is 1.99. The lowest BCUT2D eigenvalue weighted by Gasteiger charge is -2.05. The maximum atomic E-state index is 10.9. The second kappa shape index (κ2) is 6.03. The van der Waals surface area contributed by atoms with Crippen LogP contribution < -0.4 is 10.1 Å². The third kappa shape index (κ3) is 3.99. The minimum atomic E-state index is -0.158. The van der Waals surface area contributed by atoms with E-state index in [4.69, 9.17) is 9.84 Å². The van der Waals surface area contributed by atoms with E-state index in [9.17, 15) is 4.79 Å². The van der Waals surface area contributed by atoms with Crippen LogP contribution in [0.25, 0.3) is 0 Å². The highest BCUT2D eigenvalue weighted by atomic mass is 16.5. The summed E-state index contributed by atoms with van der Waals surface area (Å²) < 4.78 is 5.22. The zero-order valence-corrected chi connectivity index (χ0v) is 8.69. The number of amides is 1. The number of nitrogens with one attached hydrogen (secondary N) is 1. The Morgan fingerprint density at radius 3 is 2.60 bits per heavy atom. The Balaban J connectivity index is 2.45.